The van der Waals surface area contributed by atoms with E-state index in [2.05, 4.69) is 22.0 Å². The highest BCUT2D eigenvalue weighted by molar-refractivity contribution is 7.89. The quantitative estimate of drug-likeness (QED) is 0.318. The lowest BCUT2D eigenvalue weighted by Crippen LogP contribution is -2.50. The number of carbonyl (C=O) groups is 1. The molecule has 41 heavy (non-hydrogen) atoms. The lowest BCUT2D eigenvalue weighted by atomic mass is 10.1. The molecule has 1 saturated heterocycles. The number of hydrogen-bond acceptors (Lipinski definition) is 8. The molecule has 0 unspecified atom stereocenters. The second-order valence-corrected chi connectivity index (χ2v) is 12.9. The average molecular weight is 583 g/mol. The van der Waals surface area contributed by atoms with Crippen LogP contribution < -0.4 is 4.74 Å². The molecule has 0 bridgehead atoms. The second kappa shape index (κ2) is 11.9. The summed E-state index contributed by atoms with van der Waals surface area (Å²) in [6.07, 6.45) is 3.17. The maximum atomic E-state index is 13.8. The Kier molecular flexibility index (Phi) is 8.51. The van der Waals surface area contributed by atoms with Gasteiger partial charge in [-0.25, -0.2) is 13.4 Å². The fraction of sp³-hybridized carbons (Fsp3) is 0.467. The number of oxazole rings is 1. The van der Waals surface area contributed by atoms with Gasteiger partial charge in [0.05, 0.1) is 24.7 Å². The van der Waals surface area contributed by atoms with E-state index in [1.807, 2.05) is 12.1 Å². The summed E-state index contributed by atoms with van der Waals surface area (Å²) in [5.41, 5.74) is 3.60. The van der Waals surface area contributed by atoms with Crippen LogP contribution in [0.4, 0.5) is 0 Å². The highest BCUT2D eigenvalue weighted by atomic mass is 32.2. The third-order valence-electron chi connectivity index (χ3n) is 7.70. The minimum Gasteiger partial charge on any atom is -0.497 e. The monoisotopic (exact) mass is 582 g/mol. The van der Waals surface area contributed by atoms with Gasteiger partial charge in [0.2, 0.25) is 15.9 Å². The zero-order valence-electron chi connectivity index (χ0n) is 24.3. The van der Waals surface area contributed by atoms with Crippen molar-refractivity contribution in [1.29, 1.82) is 0 Å². The van der Waals surface area contributed by atoms with Gasteiger partial charge in [0.25, 0.3) is 5.91 Å². The number of carbonyl (C=O) groups excluding carboxylic acids is 1. The molecule has 0 radical (unpaired) electrons. The molecule has 2 aromatic carbocycles. The first-order chi connectivity index (χ1) is 19.6. The summed E-state index contributed by atoms with van der Waals surface area (Å²) in [4.78, 5) is 21.7. The van der Waals surface area contributed by atoms with E-state index in [4.69, 9.17) is 13.9 Å². The fourth-order valence-electron chi connectivity index (χ4n) is 5.29. The third kappa shape index (κ3) is 6.48. The third-order valence-corrected chi connectivity index (χ3v) is 9.91. The van der Waals surface area contributed by atoms with Gasteiger partial charge in [-0.05, 0) is 61.1 Å². The highest BCUT2D eigenvalue weighted by Gasteiger charge is 2.40. The van der Waals surface area contributed by atoms with Crippen LogP contribution in [0.15, 0.2) is 52.0 Å². The topological polar surface area (TPSA) is 105 Å². The van der Waals surface area contributed by atoms with Crippen molar-refractivity contribution in [3.05, 3.63) is 76.5 Å². The van der Waals surface area contributed by atoms with Crippen molar-refractivity contribution in [2.75, 3.05) is 34.4 Å². The van der Waals surface area contributed by atoms with E-state index < -0.39 is 10.0 Å². The second-order valence-electron chi connectivity index (χ2n) is 11.0. The summed E-state index contributed by atoms with van der Waals surface area (Å²) in [6, 6.07) is 11.5. The number of ether oxygens (including phenoxy) is 2. The van der Waals surface area contributed by atoms with E-state index in [0.29, 0.717) is 29.5 Å². The Balaban J connectivity index is 1.23. The molecule has 0 spiro atoms. The number of nitrogens with zero attached hydrogens (tertiary/aromatic N) is 4. The summed E-state index contributed by atoms with van der Waals surface area (Å²) >= 11 is 0. The molecule has 0 N–H and O–H groups in total. The number of rotatable bonds is 12. The van der Waals surface area contributed by atoms with Gasteiger partial charge >= 0.3 is 0 Å². The highest BCUT2D eigenvalue weighted by Crippen LogP contribution is 2.36. The molecule has 5 rings (SSSR count). The molecule has 220 valence electrons. The normalized spacial score (nSPS) is 16.1. The largest absolute Gasteiger partial charge is 0.497 e. The van der Waals surface area contributed by atoms with Crippen LogP contribution in [0, 0.1) is 13.8 Å². The van der Waals surface area contributed by atoms with Crippen molar-refractivity contribution in [2.24, 2.45) is 0 Å². The first-order valence-corrected chi connectivity index (χ1v) is 15.2. The summed E-state index contributed by atoms with van der Waals surface area (Å²) in [5.74, 6) is 0.505. The summed E-state index contributed by atoms with van der Waals surface area (Å²) in [5, 5.41) is 0. The number of likely N-dealkylation sites (tertiary alicyclic amines) is 1. The van der Waals surface area contributed by atoms with Gasteiger partial charge in [0, 0.05) is 46.4 Å². The van der Waals surface area contributed by atoms with Crippen LogP contribution in [0.2, 0.25) is 0 Å². The number of sulfonamides is 1. The lowest BCUT2D eigenvalue weighted by molar-refractivity contribution is -0.0334. The molecule has 10 nitrogen and oxygen atoms in total. The Hall–Kier alpha value is -3.25. The van der Waals surface area contributed by atoms with Crippen LogP contribution in [0.3, 0.4) is 0 Å². The average Bonchev–Trinajstić information content (AvgIpc) is 3.65. The molecular weight excluding hydrogens is 544 g/mol. The molecule has 1 saturated carbocycles. The van der Waals surface area contributed by atoms with Crippen molar-refractivity contribution < 1.29 is 27.1 Å². The maximum Gasteiger partial charge on any atom is 0.275 e. The van der Waals surface area contributed by atoms with Gasteiger partial charge < -0.3 is 18.8 Å². The zero-order chi connectivity index (χ0) is 29.3. The standard InChI is InChI=1S/C30H38N4O6S/c1-20-12-25(38-4)13-21(2)29(20)41(36,37)34(24-10-11-24)18-28-31-27(19-40-28)30(35)32(3)14-22-6-8-23(9-7-22)15-33-16-26(17-33)39-5/h6-9,12-13,19,24,26H,10-11,14-18H2,1-5H3. The molecule has 2 fully saturated rings. The van der Waals surface area contributed by atoms with Crippen LogP contribution in [-0.2, 0) is 34.4 Å². The van der Waals surface area contributed by atoms with Crippen LogP contribution in [0.25, 0.3) is 0 Å². The van der Waals surface area contributed by atoms with Gasteiger partial charge in [-0.3, -0.25) is 9.69 Å². The molecule has 1 amide bonds. The predicted octanol–water partition coefficient (Wildman–Crippen LogP) is 3.76. The van der Waals surface area contributed by atoms with Gasteiger partial charge in [-0.15, -0.1) is 0 Å². The Morgan fingerprint density at radius 2 is 1.68 bits per heavy atom. The molecule has 11 heteroatoms. The molecule has 3 aromatic rings. The Morgan fingerprint density at radius 3 is 2.27 bits per heavy atom. The number of aromatic nitrogens is 1. The zero-order valence-corrected chi connectivity index (χ0v) is 25.1. The van der Waals surface area contributed by atoms with Gasteiger partial charge in [-0.2, -0.15) is 4.31 Å². The molecule has 1 aromatic heterocycles. The number of methoxy groups -OCH3 is 2. The molecular formula is C30H38N4O6S. The smallest absolute Gasteiger partial charge is 0.275 e. The maximum absolute atomic E-state index is 13.8. The van der Waals surface area contributed by atoms with Crippen LogP contribution >= 0.6 is 0 Å². The summed E-state index contributed by atoms with van der Waals surface area (Å²) in [7, 11) is 1.18. The van der Waals surface area contributed by atoms with Crippen LogP contribution in [0.1, 0.15) is 51.5 Å². The Bertz CT molecular complexity index is 1470. The fourth-order valence-corrected chi connectivity index (χ4v) is 7.34. The van der Waals surface area contributed by atoms with Crippen molar-refractivity contribution in [2.45, 2.75) is 63.4 Å². The molecule has 0 atom stereocenters. The van der Waals surface area contributed by atoms with E-state index in [0.717, 1.165) is 38.0 Å². The molecule has 2 aliphatic rings. The van der Waals surface area contributed by atoms with Crippen molar-refractivity contribution in [3.8, 4) is 5.75 Å². The minimum atomic E-state index is -3.83. The van der Waals surface area contributed by atoms with Gasteiger partial charge in [0.15, 0.2) is 5.69 Å². The number of benzene rings is 2. The Labute approximate surface area is 241 Å². The van der Waals surface area contributed by atoms with E-state index in [1.54, 1.807) is 52.1 Å². The summed E-state index contributed by atoms with van der Waals surface area (Å²) in [6.45, 7) is 6.67. The van der Waals surface area contributed by atoms with Gasteiger partial charge in [-0.1, -0.05) is 24.3 Å². The van der Waals surface area contributed by atoms with E-state index >= 15 is 0 Å². The van der Waals surface area contributed by atoms with Gasteiger partial charge in [0.1, 0.15) is 12.0 Å². The first-order valence-electron chi connectivity index (χ1n) is 13.8. The van der Waals surface area contributed by atoms with Crippen LogP contribution in [-0.4, -0.2) is 79.9 Å². The van der Waals surface area contributed by atoms with E-state index in [1.165, 1.54) is 16.1 Å². The SMILES string of the molecule is COc1cc(C)c(S(=O)(=O)N(Cc2nc(C(=O)N(C)Cc3ccc(CN4CC(OC)C4)cc3)co2)C2CC2)c(C)c1. The molecule has 2 heterocycles. The van der Waals surface area contributed by atoms with E-state index in [9.17, 15) is 13.2 Å². The van der Waals surface area contributed by atoms with Crippen molar-refractivity contribution >= 4 is 15.9 Å². The van der Waals surface area contributed by atoms with Crippen LogP contribution in [0.5, 0.6) is 5.75 Å². The molecule has 1 aliphatic heterocycles. The number of amides is 1. The van der Waals surface area contributed by atoms with E-state index in [-0.39, 0.29) is 35.0 Å². The number of aryl methyl sites for hydroxylation is 2. The predicted molar refractivity (Wildman–Crippen MR) is 153 cm³/mol. The van der Waals surface area contributed by atoms with Crippen molar-refractivity contribution in [3.63, 3.8) is 0 Å². The number of hydrogen-bond donors (Lipinski definition) is 0. The lowest BCUT2D eigenvalue weighted by Gasteiger charge is -2.38. The van der Waals surface area contributed by atoms with Crippen molar-refractivity contribution in [1.82, 2.24) is 19.1 Å². The minimum absolute atomic E-state index is 0.0431. The summed E-state index contributed by atoms with van der Waals surface area (Å²) < 4.78 is 45.2. The molecule has 1 aliphatic carbocycles. The Morgan fingerprint density at radius 1 is 1.05 bits per heavy atom. The first kappa shape index (κ1) is 29.2.